The fourth-order valence-electron chi connectivity index (χ4n) is 1.58. The maximum Gasteiger partial charge on any atom is 0.0254 e. The maximum atomic E-state index is 5.43. The zero-order chi connectivity index (χ0) is 9.52. The van der Waals surface area contributed by atoms with Gasteiger partial charge in [0.25, 0.3) is 0 Å². The van der Waals surface area contributed by atoms with E-state index in [2.05, 4.69) is 12.2 Å². The highest BCUT2D eigenvalue weighted by molar-refractivity contribution is 4.66. The lowest BCUT2D eigenvalue weighted by molar-refractivity contribution is 0.248. The molecule has 1 aliphatic carbocycles. The Hall–Kier alpha value is -0.120. The van der Waals surface area contributed by atoms with Gasteiger partial charge in [-0.25, -0.2) is 5.01 Å². The van der Waals surface area contributed by atoms with Crippen molar-refractivity contribution in [3.63, 3.8) is 0 Å². The summed E-state index contributed by atoms with van der Waals surface area (Å²) in [7, 11) is 0. The molecule has 3 nitrogen and oxygen atoms in total. The average molecular weight is 185 g/mol. The molecule has 1 aliphatic heterocycles. The summed E-state index contributed by atoms with van der Waals surface area (Å²) >= 11 is 0. The van der Waals surface area contributed by atoms with Gasteiger partial charge in [0.1, 0.15) is 0 Å². The minimum atomic E-state index is 0.986. The molecule has 78 valence electrons. The van der Waals surface area contributed by atoms with E-state index < -0.39 is 0 Å². The fraction of sp³-hybridized carbons (Fsp3) is 1.00. The normalized spacial score (nSPS) is 24.5. The van der Waals surface area contributed by atoms with Gasteiger partial charge >= 0.3 is 0 Å². The molecule has 0 atom stereocenters. The highest BCUT2D eigenvalue weighted by Gasteiger charge is 2.13. The highest BCUT2D eigenvalue weighted by atomic mass is 15.4. The third kappa shape index (κ3) is 4.60. The van der Waals surface area contributed by atoms with Crippen LogP contribution in [0.5, 0.6) is 0 Å². The molecule has 3 N–H and O–H groups in total. The molecule has 0 bridgehead atoms. The van der Waals surface area contributed by atoms with Crippen molar-refractivity contribution in [1.29, 1.82) is 0 Å². The largest absolute Gasteiger partial charge is 0.314 e. The van der Waals surface area contributed by atoms with Crippen LogP contribution in [0.2, 0.25) is 0 Å². The van der Waals surface area contributed by atoms with Crippen molar-refractivity contribution in [1.82, 2.24) is 10.3 Å². The van der Waals surface area contributed by atoms with Crippen LogP contribution >= 0.6 is 0 Å². The van der Waals surface area contributed by atoms with E-state index in [0.717, 1.165) is 32.1 Å². The van der Waals surface area contributed by atoms with Gasteiger partial charge in [-0.1, -0.05) is 32.6 Å². The summed E-state index contributed by atoms with van der Waals surface area (Å²) in [5.74, 6) is 6.54. The first-order valence-electron chi connectivity index (χ1n) is 5.53. The van der Waals surface area contributed by atoms with E-state index in [4.69, 9.17) is 5.84 Å². The summed E-state index contributed by atoms with van der Waals surface area (Å²) in [5.41, 5.74) is 0. The topological polar surface area (TPSA) is 41.3 Å². The summed E-state index contributed by atoms with van der Waals surface area (Å²) in [6, 6.07) is 0. The van der Waals surface area contributed by atoms with Crippen LogP contribution in [-0.2, 0) is 0 Å². The van der Waals surface area contributed by atoms with Gasteiger partial charge in [-0.05, 0) is 5.92 Å². The second-order valence-corrected chi connectivity index (χ2v) is 3.99. The second kappa shape index (κ2) is 6.35. The molecule has 13 heavy (non-hydrogen) atoms. The first kappa shape index (κ1) is 11.0. The molecule has 0 aromatic heterocycles. The maximum absolute atomic E-state index is 5.43. The number of hydrazine groups is 1. The molecule has 0 aromatic rings. The fourth-order valence-corrected chi connectivity index (χ4v) is 1.58. The Bertz CT molecular complexity index is 115. The van der Waals surface area contributed by atoms with Crippen molar-refractivity contribution in [3.8, 4) is 0 Å². The van der Waals surface area contributed by atoms with Crippen molar-refractivity contribution in [2.45, 2.75) is 32.6 Å². The van der Waals surface area contributed by atoms with Gasteiger partial charge in [-0.15, -0.1) is 0 Å². The van der Waals surface area contributed by atoms with Gasteiger partial charge in [0, 0.05) is 26.2 Å². The molecule has 0 radical (unpaired) electrons. The van der Waals surface area contributed by atoms with Gasteiger partial charge in [-0.3, -0.25) is 5.84 Å². The van der Waals surface area contributed by atoms with Gasteiger partial charge in [0.2, 0.25) is 0 Å². The van der Waals surface area contributed by atoms with Crippen LogP contribution in [-0.4, -0.2) is 31.2 Å². The zero-order valence-corrected chi connectivity index (χ0v) is 8.76. The molecule has 1 saturated carbocycles. The van der Waals surface area contributed by atoms with Crippen LogP contribution in [0.3, 0.4) is 0 Å². The molecule has 0 spiro atoms. The van der Waals surface area contributed by atoms with Crippen LogP contribution < -0.4 is 11.2 Å². The third-order valence-electron chi connectivity index (χ3n) is 2.95. The lowest BCUT2D eigenvalue weighted by Crippen LogP contribution is -2.47. The van der Waals surface area contributed by atoms with Crippen LogP contribution in [0.4, 0.5) is 0 Å². The summed E-state index contributed by atoms with van der Waals surface area (Å²) in [5, 5.41) is 5.02. The van der Waals surface area contributed by atoms with Crippen LogP contribution in [0.1, 0.15) is 32.6 Å². The standard InChI is InChI=1S/C6H12.C4H11N3/c1-2-6-4-3-5-6;5-7-3-1-6-2-4-7/h6H,2-5H2,1H3;6H,1-5H2. The zero-order valence-electron chi connectivity index (χ0n) is 8.76. The van der Waals surface area contributed by atoms with Crippen molar-refractivity contribution < 1.29 is 0 Å². The summed E-state index contributed by atoms with van der Waals surface area (Å²) in [6.45, 7) is 6.33. The van der Waals surface area contributed by atoms with Crippen molar-refractivity contribution >= 4 is 0 Å². The van der Waals surface area contributed by atoms with E-state index in [-0.39, 0.29) is 0 Å². The first-order valence-corrected chi connectivity index (χ1v) is 5.53. The Morgan fingerprint density at radius 1 is 1.31 bits per heavy atom. The number of nitrogens with two attached hydrogens (primary N) is 1. The molecule has 0 amide bonds. The average Bonchev–Trinajstić information content (AvgIpc) is 2.04. The van der Waals surface area contributed by atoms with E-state index in [0.29, 0.717) is 0 Å². The first-order chi connectivity index (χ1) is 6.33. The minimum Gasteiger partial charge on any atom is -0.314 e. The molecule has 3 heteroatoms. The Balaban J connectivity index is 0.000000132. The highest BCUT2D eigenvalue weighted by Crippen LogP contribution is 2.28. The molecule has 2 fully saturated rings. The quantitative estimate of drug-likeness (QED) is 0.598. The van der Waals surface area contributed by atoms with Crippen LogP contribution in [0.25, 0.3) is 0 Å². The number of nitrogens with one attached hydrogen (secondary N) is 1. The van der Waals surface area contributed by atoms with Gasteiger partial charge in [-0.2, -0.15) is 0 Å². The Labute approximate surface area is 81.6 Å². The molecule has 1 saturated heterocycles. The van der Waals surface area contributed by atoms with Crippen LogP contribution in [0, 0.1) is 5.92 Å². The van der Waals surface area contributed by atoms with Crippen molar-refractivity contribution in [3.05, 3.63) is 0 Å². The summed E-state index contributed by atoms with van der Waals surface area (Å²) in [4.78, 5) is 0. The third-order valence-corrected chi connectivity index (χ3v) is 2.95. The second-order valence-electron chi connectivity index (χ2n) is 3.99. The predicted molar refractivity (Wildman–Crippen MR) is 56.3 cm³/mol. The lowest BCUT2D eigenvalue weighted by atomic mass is 9.84. The summed E-state index contributed by atoms with van der Waals surface area (Å²) < 4.78 is 0. The van der Waals surface area contributed by atoms with E-state index in [1.54, 1.807) is 0 Å². The number of hydrogen-bond acceptors (Lipinski definition) is 3. The minimum absolute atomic E-state index is 0.986. The Morgan fingerprint density at radius 3 is 2.08 bits per heavy atom. The van der Waals surface area contributed by atoms with Gasteiger partial charge in [0.15, 0.2) is 0 Å². The lowest BCUT2D eigenvalue weighted by Gasteiger charge is -2.22. The van der Waals surface area contributed by atoms with E-state index in [1.165, 1.54) is 25.7 Å². The molecule has 1 heterocycles. The molecule has 2 rings (SSSR count). The number of piperazine rings is 1. The smallest absolute Gasteiger partial charge is 0.0254 e. The van der Waals surface area contributed by atoms with Crippen LogP contribution in [0.15, 0.2) is 0 Å². The molecule has 0 aromatic carbocycles. The number of hydrogen-bond donors (Lipinski definition) is 2. The predicted octanol–water partition coefficient (Wildman–Crippen LogP) is 0.962. The van der Waals surface area contributed by atoms with Gasteiger partial charge < -0.3 is 5.32 Å². The Morgan fingerprint density at radius 2 is 1.92 bits per heavy atom. The summed E-state index contributed by atoms with van der Waals surface area (Å²) in [6.07, 6.45) is 5.94. The molecular weight excluding hydrogens is 162 g/mol. The van der Waals surface area contributed by atoms with Crippen molar-refractivity contribution in [2.24, 2.45) is 11.8 Å². The van der Waals surface area contributed by atoms with Gasteiger partial charge in [0.05, 0.1) is 0 Å². The molecular formula is C10H23N3. The monoisotopic (exact) mass is 185 g/mol. The van der Waals surface area contributed by atoms with Crippen molar-refractivity contribution in [2.75, 3.05) is 26.2 Å². The van der Waals surface area contributed by atoms with E-state index in [9.17, 15) is 0 Å². The number of rotatable bonds is 1. The number of nitrogens with zero attached hydrogens (tertiary/aromatic N) is 1. The van der Waals surface area contributed by atoms with E-state index >= 15 is 0 Å². The molecule has 2 aliphatic rings. The van der Waals surface area contributed by atoms with E-state index in [1.807, 2.05) is 5.01 Å². The Kier molecular flexibility index (Phi) is 5.35. The SMILES string of the molecule is CCC1CCC1.NN1CCNCC1. The molecule has 0 unspecified atom stereocenters.